The highest BCUT2D eigenvalue weighted by molar-refractivity contribution is 7.85. The van der Waals surface area contributed by atoms with Gasteiger partial charge in [0.1, 0.15) is 0 Å². The van der Waals surface area contributed by atoms with E-state index in [-0.39, 0.29) is 0 Å². The van der Waals surface area contributed by atoms with Crippen LogP contribution in [0.25, 0.3) is 0 Å². The third-order valence-electron chi connectivity index (χ3n) is 1.89. The molecule has 0 bridgehead atoms. The van der Waals surface area contributed by atoms with E-state index in [2.05, 4.69) is 14.5 Å². The number of methoxy groups -OCH3 is 2. The lowest BCUT2D eigenvalue weighted by molar-refractivity contribution is 0.0585. The monoisotopic (exact) mass is 275 g/mol. The lowest BCUT2D eigenvalue weighted by Crippen LogP contribution is -2.13. The first-order valence-electron chi connectivity index (χ1n) is 4.45. The molecule has 8 nitrogen and oxygen atoms in total. The molecule has 1 heterocycles. The average molecular weight is 275 g/mol. The van der Waals surface area contributed by atoms with Crippen LogP contribution >= 0.6 is 0 Å². The first kappa shape index (κ1) is 14.1. The molecule has 1 N–H and O–H groups in total. The maximum atomic E-state index is 11.2. The molecule has 0 atom stereocenters. The Balaban J connectivity index is 3.48. The molecule has 1 rings (SSSR count). The van der Waals surface area contributed by atoms with Crippen molar-refractivity contribution in [3.8, 4) is 0 Å². The molecule has 0 saturated carbocycles. The van der Waals surface area contributed by atoms with Crippen molar-refractivity contribution in [1.82, 2.24) is 4.98 Å². The van der Waals surface area contributed by atoms with Gasteiger partial charge in [0.25, 0.3) is 10.1 Å². The van der Waals surface area contributed by atoms with Crippen LogP contribution in [0.4, 0.5) is 0 Å². The SMILES string of the molecule is COC(=O)c1cc(S(=O)(=O)O)cc(C(=O)OC)n1. The number of ether oxygens (including phenoxy) is 2. The molecule has 1 aromatic rings. The average Bonchev–Trinajstić information content (AvgIpc) is 2.35. The van der Waals surface area contributed by atoms with Crippen LogP contribution in [0.2, 0.25) is 0 Å². The number of hydrogen-bond acceptors (Lipinski definition) is 7. The quantitative estimate of drug-likeness (QED) is 0.599. The predicted molar refractivity (Wildman–Crippen MR) is 56.7 cm³/mol. The molecular formula is C9H9NO7S. The van der Waals surface area contributed by atoms with Crippen LogP contribution in [0.15, 0.2) is 17.0 Å². The van der Waals surface area contributed by atoms with Gasteiger partial charge >= 0.3 is 11.9 Å². The molecule has 0 radical (unpaired) electrons. The van der Waals surface area contributed by atoms with Crippen LogP contribution in [0, 0.1) is 0 Å². The molecule has 0 amide bonds. The Bertz CT molecular complexity index is 559. The molecule has 0 spiro atoms. The van der Waals surface area contributed by atoms with Crippen LogP contribution in [0.5, 0.6) is 0 Å². The fourth-order valence-electron chi connectivity index (χ4n) is 1.07. The van der Waals surface area contributed by atoms with Gasteiger partial charge < -0.3 is 9.47 Å². The first-order chi connectivity index (χ1) is 8.29. The summed E-state index contributed by atoms with van der Waals surface area (Å²) in [5.41, 5.74) is -0.874. The van der Waals surface area contributed by atoms with Gasteiger partial charge in [0.2, 0.25) is 0 Å². The van der Waals surface area contributed by atoms with Gasteiger partial charge in [-0.3, -0.25) is 4.55 Å². The second kappa shape index (κ2) is 5.10. The molecule has 0 saturated heterocycles. The lowest BCUT2D eigenvalue weighted by atomic mass is 10.3. The summed E-state index contributed by atoms with van der Waals surface area (Å²) in [5, 5.41) is 0. The second-order valence-corrected chi connectivity index (χ2v) is 4.45. The van der Waals surface area contributed by atoms with E-state index in [1.807, 2.05) is 0 Å². The molecule has 1 aromatic heterocycles. The molecule has 0 fully saturated rings. The minimum absolute atomic E-state index is 0.437. The van der Waals surface area contributed by atoms with Gasteiger partial charge in [0, 0.05) is 0 Å². The molecule has 0 aliphatic heterocycles. The first-order valence-corrected chi connectivity index (χ1v) is 5.90. The number of aromatic nitrogens is 1. The summed E-state index contributed by atoms with van der Waals surface area (Å²) < 4.78 is 39.5. The zero-order valence-electron chi connectivity index (χ0n) is 9.41. The Labute approximate surface area is 102 Å². The van der Waals surface area contributed by atoms with Gasteiger partial charge in [-0.2, -0.15) is 8.42 Å². The van der Waals surface area contributed by atoms with E-state index in [9.17, 15) is 18.0 Å². The molecule has 0 aliphatic carbocycles. The van der Waals surface area contributed by atoms with E-state index < -0.39 is 38.3 Å². The van der Waals surface area contributed by atoms with Crippen LogP contribution in [0.3, 0.4) is 0 Å². The second-order valence-electron chi connectivity index (χ2n) is 3.03. The van der Waals surface area contributed by atoms with E-state index in [0.29, 0.717) is 0 Å². The Morgan fingerprint density at radius 3 is 1.78 bits per heavy atom. The van der Waals surface area contributed by atoms with Crippen LogP contribution in [0.1, 0.15) is 21.0 Å². The fourth-order valence-corrected chi connectivity index (χ4v) is 1.59. The van der Waals surface area contributed by atoms with Crippen LogP contribution in [-0.4, -0.2) is 44.1 Å². The largest absolute Gasteiger partial charge is 0.464 e. The van der Waals surface area contributed by atoms with Gasteiger partial charge in [-0.25, -0.2) is 14.6 Å². The minimum atomic E-state index is -4.59. The van der Waals surface area contributed by atoms with Crippen LogP contribution < -0.4 is 0 Å². The van der Waals surface area contributed by atoms with E-state index in [4.69, 9.17) is 4.55 Å². The van der Waals surface area contributed by atoms with Crippen molar-refractivity contribution in [3.63, 3.8) is 0 Å². The molecule has 0 aromatic carbocycles. The van der Waals surface area contributed by atoms with E-state index in [0.717, 1.165) is 26.4 Å². The maximum Gasteiger partial charge on any atom is 0.356 e. The normalized spacial score (nSPS) is 10.8. The number of carbonyl (C=O) groups is 2. The summed E-state index contributed by atoms with van der Waals surface area (Å²) >= 11 is 0. The smallest absolute Gasteiger partial charge is 0.356 e. The van der Waals surface area contributed by atoms with Crippen LogP contribution in [-0.2, 0) is 19.6 Å². The highest BCUT2D eigenvalue weighted by atomic mass is 32.2. The van der Waals surface area contributed by atoms with Crippen molar-refractivity contribution in [2.45, 2.75) is 4.90 Å². The molecule has 0 aliphatic rings. The van der Waals surface area contributed by atoms with Crippen molar-refractivity contribution in [2.24, 2.45) is 0 Å². The highest BCUT2D eigenvalue weighted by Crippen LogP contribution is 2.13. The van der Waals surface area contributed by atoms with Crippen molar-refractivity contribution >= 4 is 22.1 Å². The number of nitrogens with zero attached hydrogens (tertiary/aromatic N) is 1. The van der Waals surface area contributed by atoms with Crippen molar-refractivity contribution in [3.05, 3.63) is 23.5 Å². The van der Waals surface area contributed by atoms with Gasteiger partial charge in [-0.15, -0.1) is 0 Å². The van der Waals surface area contributed by atoms with E-state index >= 15 is 0 Å². The summed E-state index contributed by atoms with van der Waals surface area (Å²) in [6.07, 6.45) is 0. The maximum absolute atomic E-state index is 11.2. The van der Waals surface area contributed by atoms with E-state index in [1.165, 1.54) is 0 Å². The Hall–Kier alpha value is -2.00. The summed E-state index contributed by atoms with van der Waals surface area (Å²) in [6.45, 7) is 0. The molecular weight excluding hydrogens is 266 g/mol. The third kappa shape index (κ3) is 3.02. The topological polar surface area (TPSA) is 120 Å². The van der Waals surface area contributed by atoms with Gasteiger partial charge in [-0.1, -0.05) is 0 Å². The Morgan fingerprint density at radius 1 is 1.11 bits per heavy atom. The molecule has 9 heteroatoms. The summed E-state index contributed by atoms with van der Waals surface area (Å²) in [5.74, 6) is -1.91. The van der Waals surface area contributed by atoms with Gasteiger partial charge in [0.15, 0.2) is 11.4 Å². The Kier molecular flexibility index (Phi) is 3.99. The molecule has 0 unspecified atom stereocenters. The number of hydrogen-bond donors (Lipinski definition) is 1. The number of pyridine rings is 1. The standard InChI is InChI=1S/C9H9NO7S/c1-16-8(11)6-3-5(18(13,14)15)4-7(10-6)9(12)17-2/h3-4H,1-2H3,(H,13,14,15). The number of carbonyl (C=O) groups excluding carboxylic acids is 2. The summed E-state index contributed by atoms with van der Waals surface area (Å²) in [4.78, 5) is 25.4. The predicted octanol–water partition coefficient (Wildman–Crippen LogP) is -0.0985. The zero-order valence-corrected chi connectivity index (χ0v) is 10.2. The Morgan fingerprint density at radius 2 is 1.50 bits per heavy atom. The summed E-state index contributed by atoms with van der Waals surface area (Å²) in [7, 11) is -2.47. The highest BCUT2D eigenvalue weighted by Gasteiger charge is 2.20. The molecule has 18 heavy (non-hydrogen) atoms. The number of esters is 2. The summed E-state index contributed by atoms with van der Waals surface area (Å²) in [6, 6.07) is 1.57. The molecule has 98 valence electrons. The van der Waals surface area contributed by atoms with Gasteiger partial charge in [-0.05, 0) is 12.1 Å². The lowest BCUT2D eigenvalue weighted by Gasteiger charge is -2.04. The van der Waals surface area contributed by atoms with Crippen molar-refractivity contribution < 1.29 is 32.0 Å². The van der Waals surface area contributed by atoms with Crippen molar-refractivity contribution in [1.29, 1.82) is 0 Å². The minimum Gasteiger partial charge on any atom is -0.464 e. The third-order valence-corrected chi connectivity index (χ3v) is 2.72. The van der Waals surface area contributed by atoms with Crippen molar-refractivity contribution in [2.75, 3.05) is 14.2 Å². The number of rotatable bonds is 3. The fraction of sp³-hybridized carbons (Fsp3) is 0.222. The zero-order chi connectivity index (χ0) is 13.9. The van der Waals surface area contributed by atoms with Gasteiger partial charge in [0.05, 0.1) is 19.1 Å². The van der Waals surface area contributed by atoms with E-state index in [1.54, 1.807) is 0 Å².